The van der Waals surface area contributed by atoms with Crippen molar-refractivity contribution in [3.8, 4) is 5.75 Å². The first-order chi connectivity index (χ1) is 9.53. The second-order valence-corrected chi connectivity index (χ2v) is 6.26. The lowest BCUT2D eigenvalue weighted by Gasteiger charge is -2.10. The van der Waals surface area contributed by atoms with E-state index >= 15 is 0 Å². The van der Waals surface area contributed by atoms with Gasteiger partial charge in [0.05, 0.1) is 4.90 Å². The summed E-state index contributed by atoms with van der Waals surface area (Å²) in [5.74, 6) is 0.654. The van der Waals surface area contributed by atoms with Crippen molar-refractivity contribution in [2.45, 2.75) is 18.4 Å². The van der Waals surface area contributed by atoms with Crippen molar-refractivity contribution < 1.29 is 13.2 Å². The molecule has 0 spiro atoms. The third-order valence-electron chi connectivity index (χ3n) is 2.95. The predicted octanol–water partition coefficient (Wildman–Crippen LogP) is 2.48. The fraction of sp³-hybridized carbons (Fsp3) is 0.200. The molecule has 0 aliphatic carbocycles. The second-order valence-electron chi connectivity index (χ2n) is 4.41. The molecule has 0 heterocycles. The molecule has 0 atom stereocenters. The quantitative estimate of drug-likeness (QED) is 0.920. The van der Waals surface area contributed by atoms with E-state index < -0.39 is 10.0 Å². The number of benzene rings is 2. The fourth-order valence-corrected chi connectivity index (χ4v) is 2.81. The zero-order valence-corrected chi connectivity index (χ0v) is 12.3. The normalized spacial score (nSPS) is 11.3. The van der Waals surface area contributed by atoms with Gasteiger partial charge < -0.3 is 4.74 Å². The van der Waals surface area contributed by atoms with Gasteiger partial charge in [-0.05, 0) is 43.3 Å². The molecular weight excluding hydrogens is 274 g/mol. The first kappa shape index (κ1) is 14.6. The Bertz CT molecular complexity index is 682. The van der Waals surface area contributed by atoms with Gasteiger partial charge in [0, 0.05) is 0 Å². The zero-order valence-electron chi connectivity index (χ0n) is 11.5. The standard InChI is InChI=1S/C15H17NO3S/c1-12-10-14(8-9-15(12)20(17,18)16-2)19-11-13-6-4-3-5-7-13/h3-10,16H,11H2,1-2H3. The molecule has 0 amide bonds. The van der Waals surface area contributed by atoms with E-state index in [0.29, 0.717) is 17.9 Å². The van der Waals surface area contributed by atoms with Gasteiger partial charge in [-0.3, -0.25) is 0 Å². The van der Waals surface area contributed by atoms with E-state index in [1.165, 1.54) is 7.05 Å². The van der Waals surface area contributed by atoms with Crippen LogP contribution in [0.25, 0.3) is 0 Å². The van der Waals surface area contributed by atoms with Crippen LogP contribution < -0.4 is 9.46 Å². The molecule has 20 heavy (non-hydrogen) atoms. The number of nitrogens with one attached hydrogen (secondary N) is 1. The van der Waals surface area contributed by atoms with Crippen LogP contribution in [0.4, 0.5) is 0 Å². The summed E-state index contributed by atoms with van der Waals surface area (Å²) in [5, 5.41) is 0. The van der Waals surface area contributed by atoms with Crippen molar-refractivity contribution >= 4 is 10.0 Å². The van der Waals surface area contributed by atoms with Gasteiger partial charge in [0.1, 0.15) is 12.4 Å². The second kappa shape index (κ2) is 6.07. The van der Waals surface area contributed by atoms with E-state index in [1.54, 1.807) is 25.1 Å². The van der Waals surface area contributed by atoms with Gasteiger partial charge in [0.15, 0.2) is 0 Å². The highest BCUT2D eigenvalue weighted by Gasteiger charge is 2.14. The summed E-state index contributed by atoms with van der Waals surface area (Å²) in [5.41, 5.74) is 1.72. The minimum atomic E-state index is -3.42. The van der Waals surface area contributed by atoms with E-state index in [2.05, 4.69) is 4.72 Å². The highest BCUT2D eigenvalue weighted by atomic mass is 32.2. The minimum absolute atomic E-state index is 0.270. The Morgan fingerprint density at radius 3 is 2.40 bits per heavy atom. The Kier molecular flexibility index (Phi) is 4.42. The molecule has 2 rings (SSSR count). The Labute approximate surface area is 119 Å². The summed E-state index contributed by atoms with van der Waals surface area (Å²) in [6.07, 6.45) is 0. The third kappa shape index (κ3) is 3.37. The van der Waals surface area contributed by atoms with Gasteiger partial charge in [-0.15, -0.1) is 0 Å². The molecule has 0 aliphatic rings. The lowest BCUT2D eigenvalue weighted by atomic mass is 10.2. The van der Waals surface area contributed by atoms with Gasteiger partial charge >= 0.3 is 0 Å². The highest BCUT2D eigenvalue weighted by Crippen LogP contribution is 2.21. The van der Waals surface area contributed by atoms with Crippen LogP contribution in [0.1, 0.15) is 11.1 Å². The van der Waals surface area contributed by atoms with Crippen molar-refractivity contribution in [1.82, 2.24) is 4.72 Å². The van der Waals surface area contributed by atoms with Crippen LogP contribution in [-0.4, -0.2) is 15.5 Å². The monoisotopic (exact) mass is 291 g/mol. The summed E-state index contributed by atoms with van der Waals surface area (Å²) in [6, 6.07) is 14.8. The number of aryl methyl sites for hydroxylation is 1. The molecule has 4 nitrogen and oxygen atoms in total. The summed E-state index contributed by atoms with van der Waals surface area (Å²) >= 11 is 0. The van der Waals surface area contributed by atoms with E-state index in [0.717, 1.165) is 5.56 Å². The van der Waals surface area contributed by atoms with E-state index in [9.17, 15) is 8.42 Å². The van der Waals surface area contributed by atoms with Crippen molar-refractivity contribution in [2.24, 2.45) is 0 Å². The maximum Gasteiger partial charge on any atom is 0.240 e. The molecular formula is C15H17NO3S. The average Bonchev–Trinajstić information content (AvgIpc) is 2.46. The van der Waals surface area contributed by atoms with E-state index in [4.69, 9.17) is 4.74 Å². The maximum absolute atomic E-state index is 11.8. The Morgan fingerprint density at radius 1 is 1.10 bits per heavy atom. The summed E-state index contributed by atoms with van der Waals surface area (Å²) in [6.45, 7) is 2.21. The Hall–Kier alpha value is -1.85. The molecule has 0 aromatic heterocycles. The van der Waals surface area contributed by atoms with Gasteiger partial charge in [-0.25, -0.2) is 13.1 Å². The lowest BCUT2D eigenvalue weighted by Crippen LogP contribution is -2.19. The SMILES string of the molecule is CNS(=O)(=O)c1ccc(OCc2ccccc2)cc1C. The van der Waals surface area contributed by atoms with E-state index in [1.807, 2.05) is 30.3 Å². The first-order valence-electron chi connectivity index (χ1n) is 6.24. The van der Waals surface area contributed by atoms with Crippen molar-refractivity contribution in [2.75, 3.05) is 7.05 Å². The molecule has 0 bridgehead atoms. The zero-order chi connectivity index (χ0) is 14.6. The largest absolute Gasteiger partial charge is 0.489 e. The van der Waals surface area contributed by atoms with Crippen LogP contribution in [0.5, 0.6) is 5.75 Å². The van der Waals surface area contributed by atoms with Gasteiger partial charge in [-0.1, -0.05) is 30.3 Å². The molecule has 2 aromatic carbocycles. The molecule has 2 aromatic rings. The topological polar surface area (TPSA) is 55.4 Å². The summed E-state index contributed by atoms with van der Waals surface area (Å²) < 4.78 is 31.5. The van der Waals surface area contributed by atoms with E-state index in [-0.39, 0.29) is 4.90 Å². The van der Waals surface area contributed by atoms with Crippen LogP contribution in [0, 0.1) is 6.92 Å². The Morgan fingerprint density at radius 2 is 1.80 bits per heavy atom. The number of hydrogen-bond acceptors (Lipinski definition) is 3. The van der Waals surface area contributed by atoms with Crippen LogP contribution in [0.15, 0.2) is 53.4 Å². The van der Waals surface area contributed by atoms with Crippen LogP contribution >= 0.6 is 0 Å². The smallest absolute Gasteiger partial charge is 0.240 e. The van der Waals surface area contributed by atoms with Crippen molar-refractivity contribution in [3.63, 3.8) is 0 Å². The lowest BCUT2D eigenvalue weighted by molar-refractivity contribution is 0.306. The van der Waals surface area contributed by atoms with Gasteiger partial charge in [-0.2, -0.15) is 0 Å². The highest BCUT2D eigenvalue weighted by molar-refractivity contribution is 7.89. The van der Waals surface area contributed by atoms with Crippen molar-refractivity contribution in [3.05, 3.63) is 59.7 Å². The van der Waals surface area contributed by atoms with Crippen LogP contribution in [-0.2, 0) is 16.6 Å². The molecule has 0 radical (unpaired) electrons. The molecule has 1 N–H and O–H groups in total. The first-order valence-corrected chi connectivity index (χ1v) is 7.72. The molecule has 0 unspecified atom stereocenters. The number of hydrogen-bond donors (Lipinski definition) is 1. The van der Waals surface area contributed by atoms with Gasteiger partial charge in [0.25, 0.3) is 0 Å². The fourth-order valence-electron chi connectivity index (χ4n) is 1.86. The summed E-state index contributed by atoms with van der Waals surface area (Å²) in [7, 11) is -2.02. The number of rotatable bonds is 5. The molecule has 0 saturated heterocycles. The molecule has 0 saturated carbocycles. The van der Waals surface area contributed by atoms with Crippen molar-refractivity contribution in [1.29, 1.82) is 0 Å². The average molecular weight is 291 g/mol. The number of ether oxygens (including phenoxy) is 1. The van der Waals surface area contributed by atoms with Gasteiger partial charge in [0.2, 0.25) is 10.0 Å². The Balaban J connectivity index is 2.14. The molecule has 0 aliphatic heterocycles. The number of sulfonamides is 1. The third-order valence-corrected chi connectivity index (χ3v) is 4.53. The predicted molar refractivity (Wildman–Crippen MR) is 78.2 cm³/mol. The van der Waals surface area contributed by atoms with Crippen LogP contribution in [0.2, 0.25) is 0 Å². The molecule has 5 heteroatoms. The minimum Gasteiger partial charge on any atom is -0.489 e. The molecule has 106 valence electrons. The molecule has 0 fully saturated rings. The van der Waals surface area contributed by atoms with Crippen LogP contribution in [0.3, 0.4) is 0 Å². The summed E-state index contributed by atoms with van der Waals surface area (Å²) in [4.78, 5) is 0.270. The maximum atomic E-state index is 11.8.